The van der Waals surface area contributed by atoms with Crippen LogP contribution in [0.4, 0.5) is 5.69 Å². The number of hydrogen-bond donors (Lipinski definition) is 1. The molecule has 0 fully saturated rings. The Kier molecular flexibility index (Phi) is 8.18. The number of nitrogens with one attached hydrogen (secondary N) is 1. The zero-order chi connectivity index (χ0) is 22.9. The van der Waals surface area contributed by atoms with E-state index in [2.05, 4.69) is 54.5 Å². The second-order valence-corrected chi connectivity index (χ2v) is 8.72. The van der Waals surface area contributed by atoms with Crippen LogP contribution in [0, 0.1) is 17.2 Å². The molecule has 0 saturated heterocycles. The Balaban J connectivity index is 1.68. The van der Waals surface area contributed by atoms with E-state index in [-0.39, 0.29) is 5.97 Å². The van der Waals surface area contributed by atoms with Crippen LogP contribution >= 0.6 is 11.3 Å². The van der Waals surface area contributed by atoms with Crippen LogP contribution < -0.4 is 5.32 Å². The molecule has 3 rings (SSSR count). The Morgan fingerprint density at radius 2 is 1.91 bits per heavy atom. The predicted molar refractivity (Wildman–Crippen MR) is 130 cm³/mol. The second kappa shape index (κ2) is 11.3. The van der Waals surface area contributed by atoms with Gasteiger partial charge < -0.3 is 10.1 Å². The summed E-state index contributed by atoms with van der Waals surface area (Å²) in [6.07, 6.45) is 3.48. The maximum Gasteiger partial charge on any atom is 0.338 e. The highest BCUT2D eigenvalue weighted by Crippen LogP contribution is 2.27. The Hall–Kier alpha value is -3.43. The van der Waals surface area contributed by atoms with Crippen LogP contribution in [0.25, 0.3) is 16.8 Å². The molecule has 0 aliphatic heterocycles. The molecular weight excluding hydrogens is 418 g/mol. The van der Waals surface area contributed by atoms with Crippen molar-refractivity contribution < 1.29 is 9.53 Å². The summed E-state index contributed by atoms with van der Waals surface area (Å²) in [5.41, 5.74) is 4.92. The molecule has 1 heterocycles. The molecule has 2 aromatic carbocycles. The van der Waals surface area contributed by atoms with Gasteiger partial charge in [-0.3, -0.25) is 0 Å². The van der Waals surface area contributed by atoms with Crippen LogP contribution in [0.5, 0.6) is 0 Å². The summed E-state index contributed by atoms with van der Waals surface area (Å²) in [6, 6.07) is 17.6. The lowest BCUT2D eigenvalue weighted by Gasteiger charge is -2.05. The molecule has 3 aromatic rings. The minimum Gasteiger partial charge on any atom is -0.462 e. The molecule has 0 radical (unpaired) electrons. The summed E-state index contributed by atoms with van der Waals surface area (Å²) in [4.78, 5) is 16.5. The number of benzene rings is 2. The van der Waals surface area contributed by atoms with Crippen LogP contribution in [0.3, 0.4) is 0 Å². The summed E-state index contributed by atoms with van der Waals surface area (Å²) in [5, 5.41) is 15.3. The van der Waals surface area contributed by atoms with Gasteiger partial charge in [-0.25, -0.2) is 9.78 Å². The summed E-state index contributed by atoms with van der Waals surface area (Å²) in [6.45, 7) is 6.78. The Labute approximate surface area is 193 Å². The van der Waals surface area contributed by atoms with Crippen molar-refractivity contribution in [3.63, 3.8) is 0 Å². The molecule has 1 aromatic heterocycles. The number of anilines is 1. The third-order valence-corrected chi connectivity index (χ3v) is 5.57. The van der Waals surface area contributed by atoms with E-state index in [4.69, 9.17) is 4.74 Å². The van der Waals surface area contributed by atoms with E-state index >= 15 is 0 Å². The largest absolute Gasteiger partial charge is 0.462 e. The molecule has 5 nitrogen and oxygen atoms in total. The normalized spacial score (nSPS) is 11.3. The van der Waals surface area contributed by atoms with E-state index in [9.17, 15) is 10.1 Å². The number of nitriles is 1. The van der Waals surface area contributed by atoms with E-state index in [1.54, 1.807) is 30.5 Å². The van der Waals surface area contributed by atoms with Crippen molar-refractivity contribution in [3.8, 4) is 17.3 Å². The molecule has 0 saturated carbocycles. The maximum atomic E-state index is 11.9. The van der Waals surface area contributed by atoms with Crippen LogP contribution in [-0.2, 0) is 11.2 Å². The van der Waals surface area contributed by atoms with Gasteiger partial charge in [0.2, 0.25) is 0 Å². The van der Waals surface area contributed by atoms with Gasteiger partial charge in [-0.1, -0.05) is 45.0 Å². The predicted octanol–water partition coefficient (Wildman–Crippen LogP) is 6.55. The summed E-state index contributed by atoms with van der Waals surface area (Å²) < 4.78 is 5.13. The van der Waals surface area contributed by atoms with E-state index < -0.39 is 0 Å². The van der Waals surface area contributed by atoms with Gasteiger partial charge in [0.15, 0.2) is 0 Å². The molecule has 0 aliphatic carbocycles. The third kappa shape index (κ3) is 6.29. The fraction of sp³-hybridized carbons (Fsp3) is 0.269. The highest BCUT2D eigenvalue weighted by atomic mass is 32.1. The monoisotopic (exact) mass is 445 g/mol. The first-order valence-corrected chi connectivity index (χ1v) is 11.6. The quantitative estimate of drug-likeness (QED) is 0.298. The van der Waals surface area contributed by atoms with Crippen molar-refractivity contribution in [2.75, 3.05) is 11.9 Å². The summed E-state index contributed by atoms with van der Waals surface area (Å²) in [5.74, 6) is 0.285. The number of carbonyl (C=O) groups excluding carboxylic acids is 1. The fourth-order valence-corrected chi connectivity index (χ4v) is 3.89. The molecule has 6 heteroatoms. The average Bonchev–Trinajstić information content (AvgIpc) is 3.28. The van der Waals surface area contributed by atoms with Crippen LogP contribution in [0.2, 0.25) is 0 Å². The minimum atomic E-state index is -0.334. The van der Waals surface area contributed by atoms with Crippen molar-refractivity contribution in [2.24, 2.45) is 5.92 Å². The third-order valence-electron chi connectivity index (χ3n) is 4.69. The number of esters is 1. The molecule has 0 unspecified atom stereocenters. The maximum absolute atomic E-state index is 11.9. The summed E-state index contributed by atoms with van der Waals surface area (Å²) in [7, 11) is 0. The zero-order valence-corrected chi connectivity index (χ0v) is 19.4. The number of ether oxygens (including phenoxy) is 1. The highest BCUT2D eigenvalue weighted by Gasteiger charge is 2.10. The van der Waals surface area contributed by atoms with Gasteiger partial charge in [0, 0.05) is 22.8 Å². The zero-order valence-electron chi connectivity index (χ0n) is 18.6. The standard InChI is InChI=1S/C26H27N3O2S/c1-4-13-31-26(30)21-9-11-23(12-10-21)28-16-22(15-27)25-29-24(17-32-25)20-7-5-19(6-8-20)14-18(2)3/h5-12,16-18,28H,4,13-14H2,1-3H3. The van der Waals surface area contributed by atoms with Gasteiger partial charge in [0.05, 0.1) is 17.9 Å². The van der Waals surface area contributed by atoms with E-state index in [0.717, 1.165) is 29.8 Å². The number of rotatable bonds is 9. The minimum absolute atomic E-state index is 0.334. The van der Waals surface area contributed by atoms with Crippen molar-refractivity contribution >= 4 is 28.6 Å². The first-order chi connectivity index (χ1) is 15.5. The lowest BCUT2D eigenvalue weighted by atomic mass is 10.0. The van der Waals surface area contributed by atoms with Gasteiger partial charge in [-0.2, -0.15) is 5.26 Å². The molecule has 164 valence electrons. The number of carbonyl (C=O) groups is 1. The van der Waals surface area contributed by atoms with Crippen molar-refractivity contribution in [1.82, 2.24) is 4.98 Å². The molecule has 0 aliphatic rings. The van der Waals surface area contributed by atoms with E-state index in [1.807, 2.05) is 12.3 Å². The van der Waals surface area contributed by atoms with Gasteiger partial charge in [0.1, 0.15) is 16.6 Å². The van der Waals surface area contributed by atoms with E-state index in [0.29, 0.717) is 28.7 Å². The smallest absolute Gasteiger partial charge is 0.338 e. The van der Waals surface area contributed by atoms with Gasteiger partial charge >= 0.3 is 5.97 Å². The SMILES string of the molecule is CCCOC(=O)c1ccc(NC=C(C#N)c2nc(-c3ccc(CC(C)C)cc3)cs2)cc1. The highest BCUT2D eigenvalue weighted by molar-refractivity contribution is 7.11. The molecule has 0 spiro atoms. The van der Waals surface area contributed by atoms with Crippen molar-refractivity contribution in [3.05, 3.63) is 76.2 Å². The van der Waals surface area contributed by atoms with Gasteiger partial charge in [0.25, 0.3) is 0 Å². The van der Waals surface area contributed by atoms with Crippen LogP contribution in [0.1, 0.15) is 48.1 Å². The number of thiazole rings is 1. The number of nitrogens with zero attached hydrogens (tertiary/aromatic N) is 2. The lowest BCUT2D eigenvalue weighted by Crippen LogP contribution is -2.05. The van der Waals surface area contributed by atoms with Crippen molar-refractivity contribution in [2.45, 2.75) is 33.6 Å². The molecule has 0 atom stereocenters. The number of allylic oxidation sites excluding steroid dienone is 1. The van der Waals surface area contributed by atoms with Gasteiger partial charge in [-0.05, 0) is 48.6 Å². The van der Waals surface area contributed by atoms with Crippen LogP contribution in [0.15, 0.2) is 60.1 Å². The Bertz CT molecular complexity index is 1110. The average molecular weight is 446 g/mol. The van der Waals surface area contributed by atoms with Gasteiger partial charge in [-0.15, -0.1) is 11.3 Å². The topological polar surface area (TPSA) is 75.0 Å². The number of aromatic nitrogens is 1. The second-order valence-electron chi connectivity index (χ2n) is 7.86. The number of hydrogen-bond acceptors (Lipinski definition) is 6. The summed E-state index contributed by atoms with van der Waals surface area (Å²) >= 11 is 1.44. The van der Waals surface area contributed by atoms with E-state index in [1.165, 1.54) is 16.9 Å². The van der Waals surface area contributed by atoms with Crippen molar-refractivity contribution in [1.29, 1.82) is 5.26 Å². The Morgan fingerprint density at radius 1 is 1.19 bits per heavy atom. The first-order valence-electron chi connectivity index (χ1n) is 10.7. The Morgan fingerprint density at radius 3 is 2.53 bits per heavy atom. The molecule has 1 N–H and O–H groups in total. The molecule has 32 heavy (non-hydrogen) atoms. The molecular formula is C26H27N3O2S. The molecule has 0 amide bonds. The van der Waals surface area contributed by atoms with Crippen LogP contribution in [-0.4, -0.2) is 17.6 Å². The lowest BCUT2D eigenvalue weighted by molar-refractivity contribution is 0.0505. The first kappa shape index (κ1) is 23.2. The fourth-order valence-electron chi connectivity index (χ4n) is 3.09. The molecule has 0 bridgehead atoms.